The molecule has 0 aliphatic carbocycles. The van der Waals surface area contributed by atoms with Crippen molar-refractivity contribution in [2.45, 2.75) is 133 Å². The van der Waals surface area contributed by atoms with E-state index in [1.54, 1.807) is 56.6 Å². The summed E-state index contributed by atoms with van der Waals surface area (Å²) in [6, 6.07) is 8.87. The number of unbranched alkanes of at least 4 members (excludes halogenated alkanes) is 1. The second-order valence-corrected chi connectivity index (χ2v) is 22.4. The van der Waals surface area contributed by atoms with Crippen molar-refractivity contribution in [1.82, 2.24) is 52.5 Å². The van der Waals surface area contributed by atoms with E-state index in [1.807, 2.05) is 24.5 Å². The minimum atomic E-state index is -1.60. The number of nitrogens with one attached hydrogen (secondary N) is 10. The highest BCUT2D eigenvalue weighted by Crippen LogP contribution is 2.22. The second kappa shape index (κ2) is 34.2. The lowest BCUT2D eigenvalue weighted by atomic mass is 10.00. The summed E-state index contributed by atoms with van der Waals surface area (Å²) in [7, 11) is 0. The van der Waals surface area contributed by atoms with Gasteiger partial charge in [-0.15, -0.1) is 0 Å². The Morgan fingerprint density at radius 2 is 0.989 bits per heavy atom. The van der Waals surface area contributed by atoms with Crippen LogP contribution in [0.4, 0.5) is 0 Å². The fraction of sp³-hybridized carbons (Fsp3) is 0.441. The molecule has 3 aromatic carbocycles. The number of aromatic amines is 2. The Morgan fingerprint density at radius 3 is 1.48 bits per heavy atom. The number of aromatic nitrogens is 2. The summed E-state index contributed by atoms with van der Waals surface area (Å²) in [6.45, 7) is 2.75. The molecule has 5 aromatic rings. The molecule has 10 amide bonds. The van der Waals surface area contributed by atoms with E-state index in [0.29, 0.717) is 59.2 Å². The molecular formula is C59H80N14O13S. The molecule has 2 aromatic heterocycles. The van der Waals surface area contributed by atoms with Gasteiger partial charge in [-0.25, -0.2) is 4.79 Å². The van der Waals surface area contributed by atoms with Crippen LogP contribution in [-0.4, -0.2) is 159 Å². The van der Waals surface area contributed by atoms with Crippen molar-refractivity contribution in [2.24, 2.45) is 28.9 Å². The maximum Gasteiger partial charge on any atom is 0.326 e. The van der Waals surface area contributed by atoms with E-state index in [1.165, 1.54) is 36.0 Å². The molecule has 20 N–H and O–H groups in total. The van der Waals surface area contributed by atoms with Gasteiger partial charge in [0.1, 0.15) is 48.0 Å². The quantitative estimate of drug-likeness (QED) is 0.0220. The minimum absolute atomic E-state index is 0.0832. The van der Waals surface area contributed by atoms with E-state index in [9.17, 15) is 63.0 Å². The van der Waals surface area contributed by atoms with E-state index in [2.05, 4.69) is 52.5 Å². The van der Waals surface area contributed by atoms with E-state index >= 15 is 0 Å². The van der Waals surface area contributed by atoms with Gasteiger partial charge in [-0.3, -0.25) is 47.9 Å². The molecule has 87 heavy (non-hydrogen) atoms. The Morgan fingerprint density at radius 1 is 0.540 bits per heavy atom. The van der Waals surface area contributed by atoms with Crippen LogP contribution in [0.1, 0.15) is 81.9 Å². The molecule has 0 saturated heterocycles. The molecule has 0 spiro atoms. The molecular weight excluding hydrogens is 1140 g/mol. The number of H-pyrrole nitrogens is 2. The molecule has 0 aliphatic heterocycles. The van der Waals surface area contributed by atoms with E-state index in [0.717, 1.165) is 10.9 Å². The van der Waals surface area contributed by atoms with Gasteiger partial charge in [0.2, 0.25) is 59.1 Å². The number of fused-ring (bicyclic) bond motifs is 2. The molecule has 8 atom stereocenters. The molecule has 28 heteroatoms. The summed E-state index contributed by atoms with van der Waals surface area (Å²) in [6.07, 6.45) is 4.61. The lowest BCUT2D eigenvalue weighted by Crippen LogP contribution is -2.60. The predicted molar refractivity (Wildman–Crippen MR) is 326 cm³/mol. The molecule has 0 bridgehead atoms. The Kier molecular flexibility index (Phi) is 27.0. The van der Waals surface area contributed by atoms with Crippen molar-refractivity contribution >= 4 is 98.6 Å². The number of primary amides is 2. The molecule has 27 nitrogen and oxygen atoms in total. The van der Waals surface area contributed by atoms with Gasteiger partial charge in [0.15, 0.2) is 0 Å². The van der Waals surface area contributed by atoms with Crippen LogP contribution in [0.15, 0.2) is 85.2 Å². The van der Waals surface area contributed by atoms with E-state index in [4.69, 9.17) is 22.9 Å². The smallest absolute Gasteiger partial charge is 0.326 e. The number of aliphatic carboxylic acids is 1. The fourth-order valence-corrected chi connectivity index (χ4v) is 9.93. The number of para-hydroxylation sites is 2. The Balaban J connectivity index is 1.41. The summed E-state index contributed by atoms with van der Waals surface area (Å²) < 4.78 is 0. The lowest BCUT2D eigenvalue weighted by Gasteiger charge is -2.27. The van der Waals surface area contributed by atoms with Gasteiger partial charge in [-0.1, -0.05) is 68.8 Å². The first-order chi connectivity index (χ1) is 41.5. The third-order valence-corrected chi connectivity index (χ3v) is 15.0. The van der Waals surface area contributed by atoms with Crippen molar-refractivity contribution in [2.75, 3.05) is 25.1 Å². The summed E-state index contributed by atoms with van der Waals surface area (Å²) in [5.74, 6) is -10.3. The topological polar surface area (TPSA) is 460 Å². The minimum Gasteiger partial charge on any atom is -0.508 e. The summed E-state index contributed by atoms with van der Waals surface area (Å²) >= 11 is 1.43. The Bertz CT molecular complexity index is 3210. The zero-order chi connectivity index (χ0) is 63.7. The van der Waals surface area contributed by atoms with Gasteiger partial charge in [-0.05, 0) is 97.5 Å². The highest BCUT2D eigenvalue weighted by Gasteiger charge is 2.35. The van der Waals surface area contributed by atoms with Gasteiger partial charge in [0.25, 0.3) is 0 Å². The molecule has 0 fully saturated rings. The first-order valence-electron chi connectivity index (χ1n) is 28.5. The number of phenolic OH excluding ortho intramolecular Hbond substituents is 1. The van der Waals surface area contributed by atoms with Crippen molar-refractivity contribution in [3.8, 4) is 5.75 Å². The van der Waals surface area contributed by atoms with Crippen LogP contribution >= 0.6 is 11.8 Å². The number of carbonyl (C=O) groups is 11. The van der Waals surface area contributed by atoms with E-state index in [-0.39, 0.29) is 37.9 Å². The number of nitrogens with two attached hydrogens (primary N) is 4. The average Bonchev–Trinajstić information content (AvgIpc) is 2.50. The third kappa shape index (κ3) is 21.8. The molecule has 0 radical (unpaired) electrons. The third-order valence-electron chi connectivity index (χ3n) is 14.3. The average molecular weight is 1230 g/mol. The van der Waals surface area contributed by atoms with Crippen LogP contribution < -0.4 is 65.5 Å². The fourth-order valence-electron chi connectivity index (χ4n) is 9.46. The first-order valence-corrected chi connectivity index (χ1v) is 29.9. The number of hydrogen-bond donors (Lipinski definition) is 16. The van der Waals surface area contributed by atoms with Gasteiger partial charge < -0.3 is 85.6 Å². The van der Waals surface area contributed by atoms with Crippen LogP contribution in [0.2, 0.25) is 0 Å². The summed E-state index contributed by atoms with van der Waals surface area (Å²) in [5.41, 5.74) is 25.7. The number of hydrogen-bond acceptors (Lipinski definition) is 15. The van der Waals surface area contributed by atoms with Crippen LogP contribution in [0.5, 0.6) is 5.75 Å². The van der Waals surface area contributed by atoms with Crippen LogP contribution in [0, 0.1) is 5.92 Å². The van der Waals surface area contributed by atoms with Gasteiger partial charge in [0, 0.05) is 66.3 Å². The maximum absolute atomic E-state index is 14.8. The zero-order valence-corrected chi connectivity index (χ0v) is 49.6. The molecule has 2 heterocycles. The second-order valence-electron chi connectivity index (χ2n) is 21.4. The maximum atomic E-state index is 14.8. The number of rotatable bonds is 37. The molecule has 0 aliphatic rings. The van der Waals surface area contributed by atoms with Gasteiger partial charge >= 0.3 is 5.97 Å². The van der Waals surface area contributed by atoms with Gasteiger partial charge in [-0.2, -0.15) is 11.8 Å². The summed E-state index contributed by atoms with van der Waals surface area (Å²) in [4.78, 5) is 155. The number of amides is 10. The van der Waals surface area contributed by atoms with Crippen LogP contribution in [0.25, 0.3) is 21.8 Å². The van der Waals surface area contributed by atoms with Crippen molar-refractivity contribution in [1.29, 1.82) is 0 Å². The number of aromatic hydroxyl groups is 1. The standard InChI is InChI=1S/C59H80N14O13S/c1-32(2)51(59(85)86)73-56(82)43(20-22-49(63)76)69-58(84)47(28-35-30-65-41-14-7-5-11-38(35)41)72-57(83)45(26-33-15-17-36(74)18-16-33)70-54(80)42(19-21-48(62)75)67-50(77)31-66-53(79)46(27-34-29-64-40-13-6-4-10-37(34)40)71-55(81)44(23-25-87-3)68-52(78)39(61)12-8-9-24-60/h4-7,10-11,13-18,29-30,32,39,42-47,51,64-65,74H,8-9,12,19-28,31,60-61H2,1-3H3,(H2,62,75)(H2,63,76)(H,66,79)(H,67,77)(H,68,78)(H,69,84)(H,70,80)(H,71,81)(H,72,83)(H,73,82)(H,85,86)/t39-,42-,43-,44-,45-,46-,47-,51-/m0/s1. The Labute approximate surface area is 506 Å². The predicted octanol–water partition coefficient (Wildman–Crippen LogP) is -0.627. The van der Waals surface area contributed by atoms with Crippen LogP contribution in [0.3, 0.4) is 0 Å². The first kappa shape index (κ1) is 68.8. The number of carboxylic acid groups (broad SMARTS) is 1. The number of phenols is 1. The van der Waals surface area contributed by atoms with E-state index < -0.39 is 145 Å². The molecule has 470 valence electrons. The summed E-state index contributed by atoms with van der Waals surface area (Å²) in [5, 5.41) is 42.1. The highest BCUT2D eigenvalue weighted by molar-refractivity contribution is 7.98. The number of benzene rings is 3. The molecule has 5 rings (SSSR count). The van der Waals surface area contributed by atoms with Crippen molar-refractivity contribution in [3.63, 3.8) is 0 Å². The highest BCUT2D eigenvalue weighted by atomic mass is 32.2. The zero-order valence-electron chi connectivity index (χ0n) is 48.8. The normalized spacial score (nSPS) is 14.0. The SMILES string of the molecule is CSCC[C@H](NC(=O)[C@@H](N)CCCCN)C(=O)N[C@@H](Cc1c[nH]c2ccccc12)C(=O)NCC(=O)N[C@@H](CCC(N)=O)C(=O)N[C@@H](Cc1ccc(O)cc1)C(=O)N[C@@H](Cc1c[nH]c2ccccc12)C(=O)N[C@@H](CCC(N)=O)C(=O)N[C@H](C(=O)O)C(C)C. The van der Waals surface area contributed by atoms with Crippen molar-refractivity contribution < 1.29 is 63.0 Å². The number of carboxylic acids is 1. The molecule has 0 unspecified atom stereocenters. The number of carbonyl (C=O) groups excluding carboxylic acids is 10. The van der Waals surface area contributed by atoms with Gasteiger partial charge in [0.05, 0.1) is 12.6 Å². The molecule has 0 saturated carbocycles. The monoisotopic (exact) mass is 1220 g/mol. The lowest BCUT2D eigenvalue weighted by molar-refractivity contribution is -0.143. The largest absolute Gasteiger partial charge is 0.508 e. The Hall–Kier alpha value is -9.02. The van der Waals surface area contributed by atoms with Crippen LogP contribution in [-0.2, 0) is 72.0 Å². The number of thioether (sulfide) groups is 1. The van der Waals surface area contributed by atoms with Crippen molar-refractivity contribution in [3.05, 3.63) is 102 Å².